The summed E-state index contributed by atoms with van der Waals surface area (Å²) in [5.74, 6) is 0. The number of aryl methyl sites for hydroxylation is 2. The third-order valence-electron chi connectivity index (χ3n) is 4.89. The maximum absolute atomic E-state index is 13.0. The molecule has 1 aliphatic heterocycles. The lowest BCUT2D eigenvalue weighted by atomic mass is 10.2. The number of hydrogen-bond donors (Lipinski definition) is 0. The molecule has 0 aromatic heterocycles. The zero-order chi connectivity index (χ0) is 20.5. The van der Waals surface area contributed by atoms with Crippen molar-refractivity contribution >= 4 is 20.1 Å². The molecule has 0 radical (unpaired) electrons. The zero-order valence-corrected chi connectivity index (χ0v) is 17.8. The highest BCUT2D eigenvalue weighted by Gasteiger charge is 2.55. The molecule has 1 saturated heterocycles. The first kappa shape index (κ1) is 21.0. The summed E-state index contributed by atoms with van der Waals surface area (Å²) in [6.45, 7) is 5.53. The zero-order valence-electron chi connectivity index (χ0n) is 16.2. The fourth-order valence-electron chi connectivity index (χ4n) is 3.23. The van der Waals surface area contributed by atoms with Gasteiger partial charge >= 0.3 is 0 Å². The first-order chi connectivity index (χ1) is 13.2. The molecule has 0 saturated carbocycles. The molecule has 0 bridgehead atoms. The predicted octanol–water partition coefficient (Wildman–Crippen LogP) is 3.25. The standard InChI is InChI=1S/C20H25NO5S2/c1-4-5-19-20(14-26-28(24,25)18-12-8-16(3)9-13-18)21(19)27(22,23)17-10-6-15(2)7-11-17/h6-13,19-20H,4-5,14H2,1-3H3/t19-,20-,21?/m0/s1. The highest BCUT2D eigenvalue weighted by atomic mass is 32.2. The summed E-state index contributed by atoms with van der Waals surface area (Å²) >= 11 is 0. The molecule has 0 spiro atoms. The van der Waals surface area contributed by atoms with Crippen LogP contribution in [0.2, 0.25) is 0 Å². The summed E-state index contributed by atoms with van der Waals surface area (Å²) in [6.07, 6.45) is 1.45. The first-order valence-electron chi connectivity index (χ1n) is 9.23. The van der Waals surface area contributed by atoms with E-state index in [0.717, 1.165) is 17.5 Å². The molecule has 1 aliphatic rings. The van der Waals surface area contributed by atoms with Crippen molar-refractivity contribution in [3.8, 4) is 0 Å². The maximum Gasteiger partial charge on any atom is 0.297 e. The molecule has 0 amide bonds. The number of rotatable bonds is 8. The summed E-state index contributed by atoms with van der Waals surface area (Å²) in [7, 11) is -7.61. The number of benzene rings is 2. The van der Waals surface area contributed by atoms with Crippen molar-refractivity contribution in [3.05, 3.63) is 59.7 Å². The molecule has 152 valence electrons. The first-order valence-corrected chi connectivity index (χ1v) is 12.1. The Bertz CT molecular complexity index is 1030. The second-order valence-corrected chi connectivity index (χ2v) is 10.6. The van der Waals surface area contributed by atoms with Crippen molar-refractivity contribution in [1.82, 2.24) is 4.31 Å². The van der Waals surface area contributed by atoms with Crippen LogP contribution in [0.5, 0.6) is 0 Å². The summed E-state index contributed by atoms with van der Waals surface area (Å²) < 4.78 is 57.3. The second kappa shape index (κ2) is 7.94. The Balaban J connectivity index is 1.76. The molecule has 2 aromatic carbocycles. The van der Waals surface area contributed by atoms with Crippen LogP contribution in [0.4, 0.5) is 0 Å². The quantitative estimate of drug-likeness (QED) is 0.481. The smallest absolute Gasteiger partial charge is 0.265 e. The van der Waals surface area contributed by atoms with Crippen molar-refractivity contribution < 1.29 is 21.0 Å². The second-order valence-electron chi connectivity index (χ2n) is 7.12. The molecule has 3 rings (SSSR count). The molecule has 0 N–H and O–H groups in total. The van der Waals surface area contributed by atoms with Gasteiger partial charge < -0.3 is 0 Å². The molecule has 2 aromatic rings. The predicted molar refractivity (Wildman–Crippen MR) is 107 cm³/mol. The van der Waals surface area contributed by atoms with Gasteiger partial charge in [0.1, 0.15) is 0 Å². The van der Waals surface area contributed by atoms with E-state index in [-0.39, 0.29) is 22.4 Å². The van der Waals surface area contributed by atoms with Gasteiger partial charge in [-0.2, -0.15) is 12.7 Å². The van der Waals surface area contributed by atoms with Gasteiger partial charge in [-0.05, 0) is 44.5 Å². The average molecular weight is 424 g/mol. The lowest BCUT2D eigenvalue weighted by molar-refractivity contribution is 0.309. The molecule has 3 atom stereocenters. The van der Waals surface area contributed by atoms with Gasteiger partial charge in [-0.3, -0.25) is 4.18 Å². The number of nitrogens with zero attached hydrogens (tertiary/aromatic N) is 1. The van der Waals surface area contributed by atoms with Crippen LogP contribution in [0, 0.1) is 13.8 Å². The van der Waals surface area contributed by atoms with E-state index < -0.39 is 26.2 Å². The van der Waals surface area contributed by atoms with Gasteiger partial charge in [-0.25, -0.2) is 8.42 Å². The van der Waals surface area contributed by atoms with Gasteiger partial charge in [0.05, 0.1) is 22.4 Å². The Kier molecular flexibility index (Phi) is 5.95. The van der Waals surface area contributed by atoms with Crippen molar-refractivity contribution in [3.63, 3.8) is 0 Å². The maximum atomic E-state index is 13.0. The van der Waals surface area contributed by atoms with Crippen LogP contribution >= 0.6 is 0 Å². The minimum atomic E-state index is -3.93. The summed E-state index contributed by atoms with van der Waals surface area (Å²) in [5.41, 5.74) is 1.92. The van der Waals surface area contributed by atoms with Gasteiger partial charge in [0.15, 0.2) is 0 Å². The number of sulfonamides is 1. The fourth-order valence-corrected chi connectivity index (χ4v) is 5.98. The van der Waals surface area contributed by atoms with Crippen LogP contribution in [0.25, 0.3) is 0 Å². The van der Waals surface area contributed by atoms with E-state index in [1.165, 1.54) is 16.4 Å². The Morgan fingerprint density at radius 2 is 1.32 bits per heavy atom. The van der Waals surface area contributed by atoms with Crippen LogP contribution in [-0.2, 0) is 24.3 Å². The molecule has 6 nitrogen and oxygen atoms in total. The van der Waals surface area contributed by atoms with Crippen molar-refractivity contribution in [1.29, 1.82) is 0 Å². The third-order valence-corrected chi connectivity index (χ3v) is 8.15. The van der Waals surface area contributed by atoms with E-state index in [9.17, 15) is 16.8 Å². The van der Waals surface area contributed by atoms with E-state index in [4.69, 9.17) is 4.18 Å². The van der Waals surface area contributed by atoms with E-state index in [0.29, 0.717) is 6.42 Å². The van der Waals surface area contributed by atoms with Crippen LogP contribution in [0.15, 0.2) is 58.3 Å². The molecular formula is C20H25NO5S2. The SMILES string of the molecule is CCC[C@H]1[C@H](COS(=O)(=O)c2ccc(C)cc2)N1S(=O)(=O)c1ccc(C)cc1. The van der Waals surface area contributed by atoms with Gasteiger partial charge in [-0.15, -0.1) is 0 Å². The Labute approximate surface area is 167 Å². The third kappa shape index (κ3) is 4.30. The minimum Gasteiger partial charge on any atom is -0.265 e. The van der Waals surface area contributed by atoms with Gasteiger partial charge in [0, 0.05) is 6.04 Å². The summed E-state index contributed by atoms with van der Waals surface area (Å²) in [5, 5.41) is 0. The molecule has 1 fully saturated rings. The summed E-state index contributed by atoms with van der Waals surface area (Å²) in [4.78, 5) is 0.279. The Morgan fingerprint density at radius 3 is 1.82 bits per heavy atom. The minimum absolute atomic E-state index is 0.0683. The molecule has 8 heteroatoms. The normalized spacial score (nSPS) is 22.2. The Morgan fingerprint density at radius 1 is 0.821 bits per heavy atom. The topological polar surface area (TPSA) is 80.5 Å². The van der Waals surface area contributed by atoms with Gasteiger partial charge in [-0.1, -0.05) is 48.7 Å². The van der Waals surface area contributed by atoms with Crippen molar-refractivity contribution in [2.75, 3.05) is 6.61 Å². The van der Waals surface area contributed by atoms with E-state index >= 15 is 0 Å². The van der Waals surface area contributed by atoms with Gasteiger partial charge in [0.25, 0.3) is 10.1 Å². The van der Waals surface area contributed by atoms with Crippen LogP contribution < -0.4 is 0 Å². The lowest BCUT2D eigenvalue weighted by Crippen LogP contribution is -2.19. The molecule has 28 heavy (non-hydrogen) atoms. The number of hydrogen-bond acceptors (Lipinski definition) is 5. The van der Waals surface area contributed by atoms with E-state index in [1.807, 2.05) is 20.8 Å². The van der Waals surface area contributed by atoms with Crippen molar-refractivity contribution in [2.45, 2.75) is 55.5 Å². The molecule has 1 heterocycles. The molecule has 0 aliphatic carbocycles. The van der Waals surface area contributed by atoms with E-state index in [2.05, 4.69) is 0 Å². The Hall–Kier alpha value is -1.74. The highest BCUT2D eigenvalue weighted by molar-refractivity contribution is 7.89. The van der Waals surface area contributed by atoms with Crippen LogP contribution in [0.3, 0.4) is 0 Å². The summed E-state index contributed by atoms with van der Waals surface area (Å²) in [6, 6.07) is 12.3. The largest absolute Gasteiger partial charge is 0.297 e. The fraction of sp³-hybridized carbons (Fsp3) is 0.400. The lowest BCUT2D eigenvalue weighted by Gasteiger charge is -2.08. The van der Waals surface area contributed by atoms with Crippen LogP contribution in [0.1, 0.15) is 30.9 Å². The molecular weight excluding hydrogens is 398 g/mol. The van der Waals surface area contributed by atoms with Crippen LogP contribution in [-0.4, -0.2) is 39.8 Å². The molecule has 1 unspecified atom stereocenters. The average Bonchev–Trinajstić information content (AvgIpc) is 3.35. The van der Waals surface area contributed by atoms with Gasteiger partial charge in [0.2, 0.25) is 10.0 Å². The van der Waals surface area contributed by atoms with E-state index in [1.54, 1.807) is 36.4 Å². The monoisotopic (exact) mass is 423 g/mol. The highest BCUT2D eigenvalue weighted by Crippen LogP contribution is 2.39. The van der Waals surface area contributed by atoms with Crippen molar-refractivity contribution in [2.24, 2.45) is 0 Å².